The number of fused-ring (bicyclic) bond motifs is 1. The predicted molar refractivity (Wildman–Crippen MR) is 96.5 cm³/mol. The number of benzene rings is 1. The van der Waals surface area contributed by atoms with Gasteiger partial charge >= 0.3 is 5.97 Å². The number of aryl methyl sites for hydroxylation is 1. The average Bonchev–Trinajstić information content (AvgIpc) is 2.95. The van der Waals surface area contributed by atoms with Crippen molar-refractivity contribution < 1.29 is 14.6 Å². The predicted octanol–water partition coefficient (Wildman–Crippen LogP) is 3.61. The maximum absolute atomic E-state index is 11.1. The minimum Gasteiger partial charge on any atom is -0.478 e. The number of rotatable bonds is 6. The van der Waals surface area contributed by atoms with Crippen LogP contribution in [0.5, 0.6) is 5.88 Å². The van der Waals surface area contributed by atoms with Gasteiger partial charge in [0.15, 0.2) is 0 Å². The fourth-order valence-electron chi connectivity index (χ4n) is 2.95. The molecule has 2 heterocycles. The number of hydrogen-bond donors (Lipinski definition) is 1. The molecule has 0 bridgehead atoms. The van der Waals surface area contributed by atoms with Gasteiger partial charge in [-0.2, -0.15) is 0 Å². The second-order valence-corrected chi connectivity index (χ2v) is 5.35. The molecule has 2 aromatic heterocycles. The fourth-order valence-corrected chi connectivity index (χ4v) is 2.95. The minimum atomic E-state index is -1.01. The SMILES string of the molecule is CCOc1ncnc2c1c(/C=C/C(=O)O)c(-c1ccccc1)n2CC. The summed E-state index contributed by atoms with van der Waals surface area (Å²) >= 11 is 0. The molecule has 0 aliphatic rings. The van der Waals surface area contributed by atoms with Gasteiger partial charge in [-0.25, -0.2) is 14.8 Å². The van der Waals surface area contributed by atoms with Crippen LogP contribution in [0.3, 0.4) is 0 Å². The zero-order valence-corrected chi connectivity index (χ0v) is 14.1. The molecule has 0 spiro atoms. The third-order valence-corrected chi connectivity index (χ3v) is 3.88. The van der Waals surface area contributed by atoms with E-state index in [0.717, 1.165) is 33.9 Å². The molecule has 0 fully saturated rings. The summed E-state index contributed by atoms with van der Waals surface area (Å²) in [5.74, 6) is -0.548. The van der Waals surface area contributed by atoms with E-state index in [1.54, 1.807) is 6.08 Å². The summed E-state index contributed by atoms with van der Waals surface area (Å²) in [4.78, 5) is 19.7. The largest absolute Gasteiger partial charge is 0.478 e. The second kappa shape index (κ2) is 7.17. The van der Waals surface area contributed by atoms with Crippen LogP contribution in [-0.2, 0) is 11.3 Å². The summed E-state index contributed by atoms with van der Waals surface area (Å²) in [5, 5.41) is 9.81. The van der Waals surface area contributed by atoms with Gasteiger partial charge in [0.2, 0.25) is 5.88 Å². The van der Waals surface area contributed by atoms with Crippen molar-refractivity contribution in [3.8, 4) is 17.1 Å². The van der Waals surface area contributed by atoms with E-state index in [1.807, 2.05) is 44.2 Å². The molecule has 1 aromatic carbocycles. The molecule has 3 rings (SSSR count). The zero-order valence-electron chi connectivity index (χ0n) is 14.1. The van der Waals surface area contributed by atoms with Crippen molar-refractivity contribution in [2.45, 2.75) is 20.4 Å². The Morgan fingerprint density at radius 2 is 2.00 bits per heavy atom. The Balaban J connectivity index is 2.41. The normalized spacial score (nSPS) is 11.3. The fraction of sp³-hybridized carbons (Fsp3) is 0.211. The molecule has 0 atom stereocenters. The van der Waals surface area contributed by atoms with E-state index >= 15 is 0 Å². The Labute approximate surface area is 145 Å². The number of carbonyl (C=O) groups is 1. The third kappa shape index (κ3) is 3.10. The molecule has 128 valence electrons. The highest BCUT2D eigenvalue weighted by atomic mass is 16.5. The molecule has 1 N–H and O–H groups in total. The van der Waals surface area contributed by atoms with E-state index in [4.69, 9.17) is 9.84 Å². The highest BCUT2D eigenvalue weighted by Crippen LogP contribution is 2.37. The highest BCUT2D eigenvalue weighted by Gasteiger charge is 2.21. The first-order chi connectivity index (χ1) is 12.2. The molecule has 6 heteroatoms. The van der Waals surface area contributed by atoms with Crippen LogP contribution in [0.4, 0.5) is 0 Å². The number of nitrogens with zero attached hydrogens (tertiary/aromatic N) is 3. The van der Waals surface area contributed by atoms with Gasteiger partial charge in [-0.15, -0.1) is 0 Å². The quantitative estimate of drug-likeness (QED) is 0.695. The minimum absolute atomic E-state index is 0.460. The van der Waals surface area contributed by atoms with Gasteiger partial charge in [0.05, 0.1) is 17.7 Å². The molecule has 0 aliphatic carbocycles. The Bertz CT molecular complexity index is 930. The van der Waals surface area contributed by atoms with Crippen LogP contribution in [0.2, 0.25) is 0 Å². The third-order valence-electron chi connectivity index (χ3n) is 3.88. The molecule has 0 saturated carbocycles. The first-order valence-electron chi connectivity index (χ1n) is 8.13. The van der Waals surface area contributed by atoms with Crippen LogP contribution in [0.25, 0.3) is 28.4 Å². The number of carboxylic acids is 1. The molecule has 0 radical (unpaired) electrons. The standard InChI is InChI=1S/C19H19N3O3/c1-3-22-17(13-8-6-5-7-9-13)14(10-11-15(23)24)16-18(22)20-12-21-19(16)25-4-2/h5-12H,3-4H2,1-2H3,(H,23,24)/b11-10+. The summed E-state index contributed by atoms with van der Waals surface area (Å²) in [5.41, 5.74) is 3.35. The Kier molecular flexibility index (Phi) is 4.79. The van der Waals surface area contributed by atoms with Gasteiger partial charge < -0.3 is 14.4 Å². The lowest BCUT2D eigenvalue weighted by molar-refractivity contribution is -0.131. The van der Waals surface area contributed by atoms with E-state index in [2.05, 4.69) is 14.5 Å². The summed E-state index contributed by atoms with van der Waals surface area (Å²) < 4.78 is 7.72. The van der Waals surface area contributed by atoms with E-state index in [9.17, 15) is 4.79 Å². The highest BCUT2D eigenvalue weighted by molar-refractivity contribution is 6.01. The maximum atomic E-state index is 11.1. The van der Waals surface area contributed by atoms with Crippen molar-refractivity contribution in [2.24, 2.45) is 0 Å². The molecule has 0 amide bonds. The Morgan fingerprint density at radius 1 is 1.24 bits per heavy atom. The summed E-state index contributed by atoms with van der Waals surface area (Å²) in [6.45, 7) is 5.06. The Hall–Kier alpha value is -3.15. The lowest BCUT2D eigenvalue weighted by Gasteiger charge is -2.08. The number of carboxylic acid groups (broad SMARTS) is 1. The van der Waals surface area contributed by atoms with Crippen LogP contribution in [0, 0.1) is 0 Å². The van der Waals surface area contributed by atoms with E-state index < -0.39 is 5.97 Å². The Morgan fingerprint density at radius 3 is 2.64 bits per heavy atom. The van der Waals surface area contributed by atoms with Gasteiger partial charge in [-0.1, -0.05) is 30.3 Å². The molecular formula is C19H19N3O3. The van der Waals surface area contributed by atoms with Gasteiger partial charge in [0, 0.05) is 18.2 Å². The molecule has 0 saturated heterocycles. The summed E-state index contributed by atoms with van der Waals surface area (Å²) in [7, 11) is 0. The number of aliphatic carboxylic acids is 1. The van der Waals surface area contributed by atoms with Crippen molar-refractivity contribution >= 4 is 23.1 Å². The molecule has 25 heavy (non-hydrogen) atoms. The summed E-state index contributed by atoms with van der Waals surface area (Å²) in [6.07, 6.45) is 4.19. The monoisotopic (exact) mass is 337 g/mol. The lowest BCUT2D eigenvalue weighted by atomic mass is 10.1. The van der Waals surface area contributed by atoms with E-state index in [0.29, 0.717) is 19.0 Å². The maximum Gasteiger partial charge on any atom is 0.328 e. The number of hydrogen-bond acceptors (Lipinski definition) is 4. The van der Waals surface area contributed by atoms with Gasteiger partial charge in [0.1, 0.15) is 12.0 Å². The summed E-state index contributed by atoms with van der Waals surface area (Å²) in [6, 6.07) is 9.83. The topological polar surface area (TPSA) is 77.2 Å². The first-order valence-corrected chi connectivity index (χ1v) is 8.13. The average molecular weight is 337 g/mol. The van der Waals surface area contributed by atoms with Crippen molar-refractivity contribution in [1.82, 2.24) is 14.5 Å². The van der Waals surface area contributed by atoms with Crippen LogP contribution >= 0.6 is 0 Å². The molecule has 3 aromatic rings. The van der Waals surface area contributed by atoms with Crippen molar-refractivity contribution in [3.05, 3.63) is 48.3 Å². The molecular weight excluding hydrogens is 318 g/mol. The van der Waals surface area contributed by atoms with Crippen LogP contribution in [0.1, 0.15) is 19.4 Å². The molecule has 0 unspecified atom stereocenters. The van der Waals surface area contributed by atoms with Gasteiger partial charge in [-0.05, 0) is 25.5 Å². The van der Waals surface area contributed by atoms with E-state index in [-0.39, 0.29) is 0 Å². The van der Waals surface area contributed by atoms with Gasteiger partial charge in [-0.3, -0.25) is 0 Å². The molecule has 6 nitrogen and oxygen atoms in total. The number of ether oxygens (including phenoxy) is 1. The van der Waals surface area contributed by atoms with Crippen LogP contribution in [0.15, 0.2) is 42.7 Å². The zero-order chi connectivity index (χ0) is 17.8. The van der Waals surface area contributed by atoms with Crippen LogP contribution < -0.4 is 4.74 Å². The lowest BCUT2D eigenvalue weighted by Crippen LogP contribution is -2.00. The molecule has 0 aliphatic heterocycles. The van der Waals surface area contributed by atoms with Crippen LogP contribution in [-0.4, -0.2) is 32.2 Å². The van der Waals surface area contributed by atoms with Crippen molar-refractivity contribution in [3.63, 3.8) is 0 Å². The van der Waals surface area contributed by atoms with E-state index in [1.165, 1.54) is 6.33 Å². The first kappa shape index (κ1) is 16.7. The van der Waals surface area contributed by atoms with Crippen molar-refractivity contribution in [1.29, 1.82) is 0 Å². The number of aromatic nitrogens is 3. The second-order valence-electron chi connectivity index (χ2n) is 5.35. The van der Waals surface area contributed by atoms with Crippen molar-refractivity contribution in [2.75, 3.05) is 6.61 Å². The van der Waals surface area contributed by atoms with Gasteiger partial charge in [0.25, 0.3) is 0 Å². The smallest absolute Gasteiger partial charge is 0.328 e.